The van der Waals surface area contributed by atoms with E-state index in [9.17, 15) is 4.79 Å². The molecule has 1 amide bonds. The largest absolute Gasteiger partial charge is 0.343 e. The summed E-state index contributed by atoms with van der Waals surface area (Å²) in [6, 6.07) is 11.8. The standard InChI is InChI=1S/C19H19ClN4OS.CH4S/c1-14-18(22-13-25)23-19(26-14)24(10-8-15-3-2-9-21-11-15)12-16-4-6-17(20)7-5-16;1-2/h2-7,9,11,13H,8,10,12H2,1H3,(H,22,25);2H,1H3. The molecule has 0 unspecified atom stereocenters. The van der Waals surface area contributed by atoms with Gasteiger partial charge in [0, 0.05) is 35.4 Å². The number of aromatic nitrogens is 2. The van der Waals surface area contributed by atoms with Crippen molar-refractivity contribution in [1.29, 1.82) is 0 Å². The molecule has 0 aliphatic carbocycles. The number of halogens is 1. The Bertz CT molecular complexity index is 856. The summed E-state index contributed by atoms with van der Waals surface area (Å²) in [4.78, 5) is 22.7. The van der Waals surface area contributed by atoms with Gasteiger partial charge >= 0.3 is 0 Å². The average molecular weight is 435 g/mol. The van der Waals surface area contributed by atoms with Crippen LogP contribution in [0, 0.1) is 6.92 Å². The topological polar surface area (TPSA) is 58.1 Å². The van der Waals surface area contributed by atoms with Gasteiger partial charge in [0.05, 0.1) is 0 Å². The van der Waals surface area contributed by atoms with Gasteiger partial charge in [0.15, 0.2) is 5.13 Å². The molecule has 0 bridgehead atoms. The number of anilines is 2. The first-order valence-electron chi connectivity index (χ1n) is 8.66. The van der Waals surface area contributed by atoms with Gasteiger partial charge in [-0.05, 0) is 48.9 Å². The van der Waals surface area contributed by atoms with E-state index < -0.39 is 0 Å². The number of nitrogens with one attached hydrogen (secondary N) is 1. The Morgan fingerprint density at radius 3 is 2.61 bits per heavy atom. The van der Waals surface area contributed by atoms with E-state index in [4.69, 9.17) is 11.6 Å². The van der Waals surface area contributed by atoms with Crippen LogP contribution in [0.4, 0.5) is 10.9 Å². The number of hydrogen-bond donors (Lipinski definition) is 2. The zero-order valence-corrected chi connectivity index (χ0v) is 18.3. The number of nitrogens with zero attached hydrogens (tertiary/aromatic N) is 3. The fourth-order valence-corrected chi connectivity index (χ4v) is 3.59. The lowest BCUT2D eigenvalue weighted by Gasteiger charge is -2.22. The summed E-state index contributed by atoms with van der Waals surface area (Å²) >= 11 is 11.1. The highest BCUT2D eigenvalue weighted by molar-refractivity contribution is 7.79. The smallest absolute Gasteiger partial charge is 0.212 e. The van der Waals surface area contributed by atoms with Crippen LogP contribution in [0.1, 0.15) is 16.0 Å². The number of rotatable bonds is 8. The number of benzene rings is 1. The third-order valence-electron chi connectivity index (χ3n) is 3.93. The highest BCUT2D eigenvalue weighted by atomic mass is 35.5. The molecule has 0 saturated carbocycles. The van der Waals surface area contributed by atoms with E-state index in [1.807, 2.05) is 43.5 Å². The van der Waals surface area contributed by atoms with Gasteiger partial charge in [0.1, 0.15) is 5.82 Å². The maximum Gasteiger partial charge on any atom is 0.212 e. The first-order chi connectivity index (χ1) is 13.7. The van der Waals surface area contributed by atoms with Crippen LogP contribution in [0.5, 0.6) is 0 Å². The molecule has 1 N–H and O–H groups in total. The molecular weight excluding hydrogens is 412 g/mol. The molecule has 0 aliphatic heterocycles. The van der Waals surface area contributed by atoms with Gasteiger partial charge in [0.2, 0.25) is 6.41 Å². The van der Waals surface area contributed by atoms with Gasteiger partial charge in [-0.1, -0.05) is 41.1 Å². The van der Waals surface area contributed by atoms with Crippen LogP contribution in [-0.2, 0) is 17.8 Å². The fourth-order valence-electron chi connectivity index (χ4n) is 2.57. The van der Waals surface area contributed by atoms with Crippen LogP contribution in [-0.4, -0.2) is 29.2 Å². The predicted octanol–water partition coefficient (Wildman–Crippen LogP) is 4.86. The van der Waals surface area contributed by atoms with Crippen LogP contribution >= 0.6 is 35.6 Å². The predicted molar refractivity (Wildman–Crippen MR) is 122 cm³/mol. The number of pyridine rings is 1. The minimum absolute atomic E-state index is 0.613. The Labute approximate surface area is 180 Å². The lowest BCUT2D eigenvalue weighted by atomic mass is 10.2. The van der Waals surface area contributed by atoms with Gasteiger partial charge < -0.3 is 10.2 Å². The normalized spacial score (nSPS) is 10.0. The van der Waals surface area contributed by atoms with E-state index in [-0.39, 0.29) is 0 Å². The summed E-state index contributed by atoms with van der Waals surface area (Å²) in [5.74, 6) is 0.613. The van der Waals surface area contributed by atoms with Crippen molar-refractivity contribution in [2.75, 3.05) is 23.0 Å². The Morgan fingerprint density at radius 1 is 1.21 bits per heavy atom. The van der Waals surface area contributed by atoms with Gasteiger partial charge in [-0.3, -0.25) is 9.78 Å². The number of carbonyl (C=O) groups excluding carboxylic acids is 1. The third kappa shape index (κ3) is 6.51. The Morgan fingerprint density at radius 2 is 1.96 bits per heavy atom. The first kappa shape index (κ1) is 22.2. The first-order valence-corrected chi connectivity index (χ1v) is 10.7. The molecule has 0 aliphatic rings. The number of thiol groups is 1. The Balaban J connectivity index is 0.00000136. The van der Waals surface area contributed by atoms with Crippen molar-refractivity contribution in [3.05, 3.63) is 69.8 Å². The molecule has 3 aromatic rings. The number of amides is 1. The van der Waals surface area contributed by atoms with Crippen molar-refractivity contribution in [1.82, 2.24) is 9.97 Å². The van der Waals surface area contributed by atoms with Crippen molar-refractivity contribution in [2.45, 2.75) is 19.9 Å². The highest BCUT2D eigenvalue weighted by Crippen LogP contribution is 2.30. The van der Waals surface area contributed by atoms with Crippen LogP contribution < -0.4 is 10.2 Å². The second kappa shape index (κ2) is 11.7. The number of hydrogen-bond acceptors (Lipinski definition) is 6. The van der Waals surface area contributed by atoms with E-state index in [1.54, 1.807) is 23.8 Å². The molecule has 148 valence electrons. The highest BCUT2D eigenvalue weighted by Gasteiger charge is 2.15. The van der Waals surface area contributed by atoms with Crippen LogP contribution in [0.15, 0.2) is 48.8 Å². The maximum absolute atomic E-state index is 10.8. The molecule has 28 heavy (non-hydrogen) atoms. The van der Waals surface area contributed by atoms with Gasteiger partial charge in [-0.2, -0.15) is 12.6 Å². The third-order valence-corrected chi connectivity index (χ3v) is 5.21. The van der Waals surface area contributed by atoms with E-state index >= 15 is 0 Å². The minimum Gasteiger partial charge on any atom is -0.343 e. The summed E-state index contributed by atoms with van der Waals surface area (Å²) in [5, 5.41) is 4.26. The molecular formula is C20H23ClN4OS2. The van der Waals surface area contributed by atoms with Crippen LogP contribution in [0.3, 0.4) is 0 Å². The molecule has 0 fully saturated rings. The molecule has 0 spiro atoms. The summed E-state index contributed by atoms with van der Waals surface area (Å²) < 4.78 is 0. The van der Waals surface area contributed by atoms with Gasteiger partial charge in [0.25, 0.3) is 0 Å². The summed E-state index contributed by atoms with van der Waals surface area (Å²) in [7, 11) is 0. The van der Waals surface area contributed by atoms with E-state index in [1.165, 1.54) is 5.56 Å². The Kier molecular flexibility index (Phi) is 9.27. The van der Waals surface area contributed by atoms with Crippen molar-refractivity contribution in [3.63, 3.8) is 0 Å². The SMILES string of the molecule is CS.Cc1sc(N(CCc2cccnc2)Cc2ccc(Cl)cc2)nc1NC=O. The zero-order valence-electron chi connectivity index (χ0n) is 15.8. The van der Waals surface area contributed by atoms with Gasteiger partial charge in [-0.15, -0.1) is 0 Å². The molecule has 0 atom stereocenters. The molecule has 5 nitrogen and oxygen atoms in total. The van der Waals surface area contributed by atoms with Gasteiger partial charge in [-0.25, -0.2) is 4.98 Å². The maximum atomic E-state index is 10.8. The molecule has 0 radical (unpaired) electrons. The molecule has 3 rings (SSSR count). The average Bonchev–Trinajstić information content (AvgIpc) is 3.09. The summed E-state index contributed by atoms with van der Waals surface area (Å²) in [6.07, 6.45) is 6.87. The summed E-state index contributed by atoms with van der Waals surface area (Å²) in [6.45, 7) is 3.46. The van der Waals surface area contributed by atoms with E-state index in [2.05, 4.69) is 38.9 Å². The zero-order chi connectivity index (χ0) is 20.4. The quantitative estimate of drug-likeness (QED) is 0.392. The van der Waals surface area contributed by atoms with Crippen LogP contribution in [0.2, 0.25) is 5.02 Å². The second-order valence-electron chi connectivity index (χ2n) is 5.82. The number of aryl methyl sites for hydroxylation is 1. The lowest BCUT2D eigenvalue weighted by molar-refractivity contribution is -0.105. The number of thiazole rings is 1. The molecule has 2 aromatic heterocycles. The lowest BCUT2D eigenvalue weighted by Crippen LogP contribution is -2.25. The molecule has 2 heterocycles. The van der Waals surface area contributed by atoms with Crippen molar-refractivity contribution in [3.8, 4) is 0 Å². The van der Waals surface area contributed by atoms with E-state index in [0.717, 1.165) is 33.6 Å². The second-order valence-corrected chi connectivity index (χ2v) is 7.44. The van der Waals surface area contributed by atoms with Crippen molar-refractivity contribution < 1.29 is 4.79 Å². The van der Waals surface area contributed by atoms with Crippen LogP contribution in [0.25, 0.3) is 0 Å². The van der Waals surface area contributed by atoms with E-state index in [0.29, 0.717) is 18.8 Å². The van der Waals surface area contributed by atoms with Crippen molar-refractivity contribution in [2.24, 2.45) is 0 Å². The van der Waals surface area contributed by atoms with Crippen molar-refractivity contribution >= 4 is 52.9 Å². The summed E-state index contributed by atoms with van der Waals surface area (Å²) in [5.41, 5.74) is 2.33. The minimum atomic E-state index is 0.613. The molecule has 1 aromatic carbocycles. The molecule has 0 saturated heterocycles. The Hall–Kier alpha value is -2.09. The molecule has 8 heteroatoms. The number of carbonyl (C=O) groups is 1. The monoisotopic (exact) mass is 434 g/mol. The fraction of sp³-hybridized carbons (Fsp3) is 0.250.